The van der Waals surface area contributed by atoms with E-state index in [1.807, 2.05) is 0 Å². The fourth-order valence-corrected chi connectivity index (χ4v) is 2.09. The molecule has 0 aliphatic rings. The first-order chi connectivity index (χ1) is 11.8. The Labute approximate surface area is 142 Å². The van der Waals surface area contributed by atoms with Crippen LogP contribution in [0.3, 0.4) is 0 Å². The van der Waals surface area contributed by atoms with E-state index in [1.54, 1.807) is 24.3 Å². The molecule has 0 radical (unpaired) electrons. The van der Waals surface area contributed by atoms with Gasteiger partial charge in [-0.15, -0.1) is 0 Å². The Balaban J connectivity index is 2.14. The van der Waals surface area contributed by atoms with Gasteiger partial charge >= 0.3 is 6.18 Å². The highest BCUT2D eigenvalue weighted by molar-refractivity contribution is 6.07. The second kappa shape index (κ2) is 7.65. The highest BCUT2D eigenvalue weighted by Gasteiger charge is 2.30. The van der Waals surface area contributed by atoms with Crippen molar-refractivity contribution < 1.29 is 22.8 Å². The lowest BCUT2D eigenvalue weighted by Crippen LogP contribution is -2.20. The molecule has 2 rings (SSSR count). The van der Waals surface area contributed by atoms with Crippen LogP contribution in [0.1, 0.15) is 21.5 Å². The van der Waals surface area contributed by atoms with E-state index in [4.69, 9.17) is 0 Å². The lowest BCUT2D eigenvalue weighted by Gasteiger charge is -2.08. The van der Waals surface area contributed by atoms with Gasteiger partial charge in [-0.3, -0.25) is 9.59 Å². The quantitative estimate of drug-likeness (QED) is 0.828. The molecule has 0 aliphatic carbocycles. The van der Waals surface area contributed by atoms with Crippen molar-refractivity contribution in [3.05, 3.63) is 71.3 Å². The number of anilines is 1. The molecule has 130 valence electrons. The van der Waals surface area contributed by atoms with Gasteiger partial charge in [0.15, 0.2) is 0 Å². The molecule has 0 unspecified atom stereocenters. The first kappa shape index (κ1) is 18.3. The minimum atomic E-state index is -4.45. The Morgan fingerprint density at radius 1 is 1.04 bits per heavy atom. The van der Waals surface area contributed by atoms with Crippen molar-refractivity contribution in [2.45, 2.75) is 6.18 Å². The van der Waals surface area contributed by atoms with Crippen molar-refractivity contribution in [3.63, 3.8) is 0 Å². The maximum atomic E-state index is 12.7. The number of alkyl halides is 3. The molecule has 0 spiro atoms. The Kier molecular flexibility index (Phi) is 5.59. The molecule has 2 aromatic rings. The van der Waals surface area contributed by atoms with E-state index in [2.05, 4.69) is 10.6 Å². The molecule has 0 aromatic heterocycles. The summed E-state index contributed by atoms with van der Waals surface area (Å²) < 4.78 is 38.0. The summed E-state index contributed by atoms with van der Waals surface area (Å²) in [6.45, 7) is 0. The van der Waals surface area contributed by atoms with Crippen molar-refractivity contribution >= 4 is 23.6 Å². The fourth-order valence-electron chi connectivity index (χ4n) is 2.09. The Hall–Kier alpha value is -3.09. The van der Waals surface area contributed by atoms with Crippen LogP contribution < -0.4 is 10.6 Å². The highest BCUT2D eigenvalue weighted by atomic mass is 19.4. The summed E-state index contributed by atoms with van der Waals surface area (Å²) in [4.78, 5) is 23.7. The van der Waals surface area contributed by atoms with Gasteiger partial charge in [-0.2, -0.15) is 13.2 Å². The van der Waals surface area contributed by atoms with E-state index < -0.39 is 17.6 Å². The molecular weight excluding hydrogens is 333 g/mol. The number of carbonyl (C=O) groups excluding carboxylic acids is 2. The van der Waals surface area contributed by atoms with Crippen molar-refractivity contribution in [1.29, 1.82) is 0 Å². The lowest BCUT2D eigenvalue weighted by atomic mass is 10.1. The molecule has 25 heavy (non-hydrogen) atoms. The molecule has 0 saturated carbocycles. The fraction of sp³-hybridized carbons (Fsp3) is 0.111. The number of rotatable bonds is 4. The molecular formula is C18H15F3N2O2. The highest BCUT2D eigenvalue weighted by Crippen LogP contribution is 2.29. The average molecular weight is 348 g/mol. The van der Waals surface area contributed by atoms with Gasteiger partial charge in [0.2, 0.25) is 5.91 Å². The summed E-state index contributed by atoms with van der Waals surface area (Å²) in [5, 5.41) is 4.99. The third-order valence-electron chi connectivity index (χ3n) is 3.30. The topological polar surface area (TPSA) is 58.2 Å². The van der Waals surface area contributed by atoms with Gasteiger partial charge in [-0.05, 0) is 35.9 Å². The summed E-state index contributed by atoms with van der Waals surface area (Å²) in [6, 6.07) is 11.0. The van der Waals surface area contributed by atoms with Gasteiger partial charge in [0.25, 0.3) is 5.91 Å². The number of para-hydroxylation sites is 1. The van der Waals surface area contributed by atoms with Crippen molar-refractivity contribution in [2.75, 3.05) is 12.4 Å². The van der Waals surface area contributed by atoms with Gasteiger partial charge in [0, 0.05) is 13.1 Å². The average Bonchev–Trinajstić information content (AvgIpc) is 2.59. The molecule has 4 nitrogen and oxygen atoms in total. The van der Waals surface area contributed by atoms with Gasteiger partial charge in [0.1, 0.15) is 0 Å². The summed E-state index contributed by atoms with van der Waals surface area (Å²) in [5.74, 6) is -0.925. The first-order valence-corrected chi connectivity index (χ1v) is 7.28. The van der Waals surface area contributed by atoms with Crippen LogP contribution in [0.25, 0.3) is 6.08 Å². The van der Waals surface area contributed by atoms with Crippen molar-refractivity contribution in [2.24, 2.45) is 0 Å². The Morgan fingerprint density at radius 2 is 1.76 bits per heavy atom. The molecule has 0 aliphatic heterocycles. The largest absolute Gasteiger partial charge is 0.416 e. The minimum Gasteiger partial charge on any atom is -0.355 e. The van der Waals surface area contributed by atoms with E-state index in [9.17, 15) is 22.8 Å². The predicted molar refractivity (Wildman–Crippen MR) is 88.9 cm³/mol. The van der Waals surface area contributed by atoms with Crippen LogP contribution >= 0.6 is 0 Å². The number of halogens is 3. The monoisotopic (exact) mass is 348 g/mol. The second-order valence-corrected chi connectivity index (χ2v) is 5.07. The molecule has 0 atom stereocenters. The maximum absolute atomic E-state index is 12.7. The number of nitrogens with one attached hydrogen (secondary N) is 2. The summed E-state index contributed by atoms with van der Waals surface area (Å²) in [7, 11) is 1.47. The predicted octanol–water partition coefficient (Wildman–Crippen LogP) is 3.72. The molecule has 2 N–H and O–H groups in total. The zero-order chi connectivity index (χ0) is 18.4. The molecule has 0 saturated heterocycles. The SMILES string of the molecule is CNC(=O)c1ccccc1NC(=O)/C=C/c1cccc(C(F)(F)F)c1. The molecule has 0 fully saturated rings. The van der Waals surface area contributed by atoms with E-state index in [0.717, 1.165) is 18.2 Å². The lowest BCUT2D eigenvalue weighted by molar-refractivity contribution is -0.137. The number of amides is 2. The smallest absolute Gasteiger partial charge is 0.355 e. The molecule has 0 bridgehead atoms. The normalized spacial score (nSPS) is 11.4. The standard InChI is InChI=1S/C18H15F3N2O2/c1-22-17(25)14-7-2-3-8-15(14)23-16(24)10-9-12-5-4-6-13(11-12)18(19,20)21/h2-11H,1H3,(H,22,25)(H,23,24)/b10-9+. The molecule has 0 heterocycles. The van der Waals surface area contributed by atoms with Crippen LogP contribution in [0.5, 0.6) is 0 Å². The van der Waals surface area contributed by atoms with Crippen molar-refractivity contribution in [3.8, 4) is 0 Å². The second-order valence-electron chi connectivity index (χ2n) is 5.07. The minimum absolute atomic E-state index is 0.240. The maximum Gasteiger partial charge on any atom is 0.416 e. The number of benzene rings is 2. The zero-order valence-electron chi connectivity index (χ0n) is 13.2. The van der Waals surface area contributed by atoms with E-state index in [0.29, 0.717) is 5.69 Å². The molecule has 7 heteroatoms. The third kappa shape index (κ3) is 4.94. The summed E-state index contributed by atoms with van der Waals surface area (Å²) in [6.07, 6.45) is -2.07. The third-order valence-corrected chi connectivity index (χ3v) is 3.30. The zero-order valence-corrected chi connectivity index (χ0v) is 13.2. The van der Waals surface area contributed by atoms with Crippen LogP contribution in [0, 0.1) is 0 Å². The van der Waals surface area contributed by atoms with Gasteiger partial charge in [-0.25, -0.2) is 0 Å². The molecule has 2 amide bonds. The molecule has 2 aromatic carbocycles. The summed E-state index contributed by atoms with van der Waals surface area (Å²) in [5.41, 5.74) is 0.0379. The number of carbonyl (C=O) groups is 2. The van der Waals surface area contributed by atoms with E-state index in [1.165, 1.54) is 25.3 Å². The van der Waals surface area contributed by atoms with Crippen LogP contribution in [-0.2, 0) is 11.0 Å². The van der Waals surface area contributed by atoms with Gasteiger partial charge in [-0.1, -0.05) is 24.3 Å². The van der Waals surface area contributed by atoms with Gasteiger partial charge in [0.05, 0.1) is 16.8 Å². The van der Waals surface area contributed by atoms with Crippen LogP contribution in [0.2, 0.25) is 0 Å². The Bertz CT molecular complexity index is 814. The van der Waals surface area contributed by atoms with Crippen LogP contribution in [0.4, 0.5) is 18.9 Å². The number of hydrogen-bond donors (Lipinski definition) is 2. The van der Waals surface area contributed by atoms with E-state index >= 15 is 0 Å². The van der Waals surface area contributed by atoms with E-state index in [-0.39, 0.29) is 17.0 Å². The van der Waals surface area contributed by atoms with Crippen molar-refractivity contribution in [1.82, 2.24) is 5.32 Å². The van der Waals surface area contributed by atoms with Crippen LogP contribution in [0.15, 0.2) is 54.6 Å². The van der Waals surface area contributed by atoms with Gasteiger partial charge < -0.3 is 10.6 Å². The Morgan fingerprint density at radius 3 is 2.44 bits per heavy atom. The summed E-state index contributed by atoms with van der Waals surface area (Å²) >= 11 is 0. The number of hydrogen-bond acceptors (Lipinski definition) is 2. The first-order valence-electron chi connectivity index (χ1n) is 7.28. The van der Waals surface area contributed by atoms with Crippen LogP contribution in [-0.4, -0.2) is 18.9 Å².